The fourth-order valence-electron chi connectivity index (χ4n) is 3.11. The molecule has 2 heterocycles. The van der Waals surface area contributed by atoms with Gasteiger partial charge in [0.1, 0.15) is 11.9 Å². The number of aromatic nitrogens is 2. The Hall–Kier alpha value is -2.83. The minimum absolute atomic E-state index is 0.256. The largest absolute Gasteiger partial charge is 0.368 e. The van der Waals surface area contributed by atoms with Gasteiger partial charge in [-0.05, 0) is 31.4 Å². The quantitative estimate of drug-likeness (QED) is 0.887. The number of carbonyl (C=O) groups excluding carboxylic acids is 2. The highest BCUT2D eigenvalue weighted by molar-refractivity contribution is 5.86. The Balaban J connectivity index is 1.73. The van der Waals surface area contributed by atoms with Crippen molar-refractivity contribution in [2.24, 2.45) is 5.73 Å². The van der Waals surface area contributed by atoms with E-state index in [1.54, 1.807) is 6.20 Å². The molecule has 1 aliphatic rings. The summed E-state index contributed by atoms with van der Waals surface area (Å²) in [5.74, 6) is 0.430. The van der Waals surface area contributed by atoms with Crippen molar-refractivity contribution in [1.29, 1.82) is 0 Å². The second-order valence-electron chi connectivity index (χ2n) is 5.89. The molecule has 1 aromatic carbocycles. The highest BCUT2D eigenvalue weighted by atomic mass is 16.2. The van der Waals surface area contributed by atoms with Crippen LogP contribution in [0.15, 0.2) is 36.7 Å². The van der Waals surface area contributed by atoms with Gasteiger partial charge in [-0.15, -0.1) is 0 Å². The van der Waals surface area contributed by atoms with Crippen LogP contribution < -0.4 is 11.1 Å². The first-order valence-electron chi connectivity index (χ1n) is 8.00. The highest BCUT2D eigenvalue weighted by Crippen LogP contribution is 2.18. The molecule has 126 valence electrons. The Labute approximate surface area is 140 Å². The number of likely N-dealkylation sites (tertiary alicyclic amines) is 1. The molecule has 3 rings (SSSR count). The number of nitrogens with one attached hydrogen (secondary N) is 1. The third kappa shape index (κ3) is 3.10. The Morgan fingerprint density at radius 1 is 1.38 bits per heavy atom. The molecule has 1 atom stereocenters. The second-order valence-corrected chi connectivity index (χ2v) is 5.89. The molecule has 3 N–H and O–H groups in total. The molecule has 0 spiro atoms. The van der Waals surface area contributed by atoms with E-state index >= 15 is 0 Å². The Morgan fingerprint density at radius 2 is 2.17 bits per heavy atom. The van der Waals surface area contributed by atoms with Crippen LogP contribution in [0.2, 0.25) is 0 Å². The van der Waals surface area contributed by atoms with E-state index in [0.717, 1.165) is 23.5 Å². The van der Waals surface area contributed by atoms with E-state index in [-0.39, 0.29) is 6.03 Å². The molecular weight excluding hydrogens is 306 g/mol. The van der Waals surface area contributed by atoms with Crippen molar-refractivity contribution in [2.75, 3.05) is 6.54 Å². The van der Waals surface area contributed by atoms with Crippen LogP contribution in [0.5, 0.6) is 0 Å². The third-order valence-electron chi connectivity index (χ3n) is 4.35. The summed E-state index contributed by atoms with van der Waals surface area (Å²) in [5.41, 5.74) is 7.31. The molecule has 7 heteroatoms. The van der Waals surface area contributed by atoms with E-state index in [4.69, 9.17) is 5.73 Å². The molecule has 0 saturated carbocycles. The minimum Gasteiger partial charge on any atom is -0.368 e. The first-order valence-corrected chi connectivity index (χ1v) is 8.00. The van der Waals surface area contributed by atoms with Gasteiger partial charge in [0.05, 0.1) is 5.69 Å². The maximum atomic E-state index is 12.4. The van der Waals surface area contributed by atoms with E-state index in [0.29, 0.717) is 19.5 Å². The number of nitrogens with two attached hydrogens (primary N) is 1. The molecule has 1 aromatic heterocycles. The van der Waals surface area contributed by atoms with E-state index < -0.39 is 11.9 Å². The lowest BCUT2D eigenvalue weighted by molar-refractivity contribution is -0.121. The van der Waals surface area contributed by atoms with E-state index in [1.165, 1.54) is 4.90 Å². The van der Waals surface area contributed by atoms with Crippen LogP contribution in [0.1, 0.15) is 24.2 Å². The fourth-order valence-corrected chi connectivity index (χ4v) is 3.11. The van der Waals surface area contributed by atoms with Gasteiger partial charge < -0.3 is 20.5 Å². The maximum Gasteiger partial charge on any atom is 0.318 e. The number of imidazole rings is 1. The van der Waals surface area contributed by atoms with Gasteiger partial charge >= 0.3 is 6.03 Å². The van der Waals surface area contributed by atoms with Gasteiger partial charge in [-0.3, -0.25) is 4.79 Å². The monoisotopic (exact) mass is 327 g/mol. The summed E-state index contributed by atoms with van der Waals surface area (Å²) in [4.78, 5) is 29.6. The van der Waals surface area contributed by atoms with Gasteiger partial charge in [-0.25, -0.2) is 9.78 Å². The van der Waals surface area contributed by atoms with Crippen LogP contribution >= 0.6 is 0 Å². The molecule has 1 aliphatic heterocycles. The van der Waals surface area contributed by atoms with E-state index in [1.807, 2.05) is 42.0 Å². The summed E-state index contributed by atoms with van der Waals surface area (Å²) in [6.07, 6.45) is 5.06. The highest BCUT2D eigenvalue weighted by Gasteiger charge is 2.32. The number of carbonyl (C=O) groups is 2. The van der Waals surface area contributed by atoms with Gasteiger partial charge in [-0.2, -0.15) is 0 Å². The van der Waals surface area contributed by atoms with Crippen molar-refractivity contribution in [1.82, 2.24) is 19.8 Å². The van der Waals surface area contributed by atoms with Crippen molar-refractivity contribution in [3.63, 3.8) is 0 Å². The second kappa shape index (κ2) is 6.74. The third-order valence-corrected chi connectivity index (χ3v) is 4.35. The van der Waals surface area contributed by atoms with Crippen molar-refractivity contribution < 1.29 is 9.59 Å². The summed E-state index contributed by atoms with van der Waals surface area (Å²) in [7, 11) is 0. The van der Waals surface area contributed by atoms with E-state index in [2.05, 4.69) is 10.3 Å². The van der Waals surface area contributed by atoms with Crippen LogP contribution in [0.25, 0.3) is 5.69 Å². The SMILES string of the molecule is Cc1nccn1-c1ccccc1CNC(=O)N1CCC[C@H]1C(N)=O. The van der Waals surface area contributed by atoms with Gasteiger partial charge in [0.15, 0.2) is 0 Å². The lowest BCUT2D eigenvalue weighted by Gasteiger charge is -2.23. The fraction of sp³-hybridized carbons (Fsp3) is 0.353. The Morgan fingerprint density at radius 3 is 2.88 bits per heavy atom. The zero-order chi connectivity index (χ0) is 17.1. The lowest BCUT2D eigenvalue weighted by atomic mass is 10.1. The van der Waals surface area contributed by atoms with Gasteiger partial charge in [0.2, 0.25) is 5.91 Å². The predicted molar refractivity (Wildman–Crippen MR) is 89.5 cm³/mol. The van der Waals surface area contributed by atoms with Crippen LogP contribution in [0.4, 0.5) is 4.79 Å². The lowest BCUT2D eigenvalue weighted by Crippen LogP contribution is -2.47. The molecule has 0 radical (unpaired) electrons. The molecular formula is C17H21N5O2. The maximum absolute atomic E-state index is 12.4. The van der Waals surface area contributed by atoms with Crippen LogP contribution in [0.3, 0.4) is 0 Å². The first kappa shape index (κ1) is 16.0. The van der Waals surface area contributed by atoms with Crippen molar-refractivity contribution in [3.05, 3.63) is 48.0 Å². The van der Waals surface area contributed by atoms with Crippen LogP contribution in [0, 0.1) is 6.92 Å². The van der Waals surface area contributed by atoms with Gasteiger partial charge in [0.25, 0.3) is 0 Å². The molecule has 24 heavy (non-hydrogen) atoms. The van der Waals surface area contributed by atoms with E-state index in [9.17, 15) is 9.59 Å². The number of primary amides is 1. The molecule has 0 aliphatic carbocycles. The Bertz CT molecular complexity index is 755. The van der Waals surface area contributed by atoms with Gasteiger partial charge in [0, 0.05) is 25.5 Å². The molecule has 0 bridgehead atoms. The number of para-hydroxylation sites is 1. The smallest absolute Gasteiger partial charge is 0.318 e. The van der Waals surface area contributed by atoms with Gasteiger partial charge in [-0.1, -0.05) is 18.2 Å². The molecule has 2 aromatic rings. The topological polar surface area (TPSA) is 93.2 Å². The summed E-state index contributed by atoms with van der Waals surface area (Å²) in [6, 6.07) is 7.07. The average molecular weight is 327 g/mol. The molecule has 7 nitrogen and oxygen atoms in total. The summed E-state index contributed by atoms with van der Waals surface area (Å²) in [5, 5.41) is 2.89. The van der Waals surface area contributed by atoms with Crippen LogP contribution in [-0.4, -0.2) is 39.0 Å². The van der Waals surface area contributed by atoms with Crippen molar-refractivity contribution in [3.8, 4) is 5.69 Å². The Kier molecular flexibility index (Phi) is 4.50. The minimum atomic E-state index is -0.504. The van der Waals surface area contributed by atoms with Crippen molar-refractivity contribution >= 4 is 11.9 Å². The summed E-state index contributed by atoms with van der Waals surface area (Å²) < 4.78 is 1.98. The average Bonchev–Trinajstić information content (AvgIpc) is 3.21. The molecule has 1 fully saturated rings. The summed E-state index contributed by atoms with van der Waals surface area (Å²) >= 11 is 0. The standard InChI is InChI=1S/C17H21N5O2/c1-12-19-8-10-21(12)14-6-3-2-5-13(14)11-20-17(24)22-9-4-7-15(22)16(18)23/h2-3,5-6,8,10,15H,4,7,9,11H2,1H3,(H2,18,23)(H,20,24)/t15-/m0/s1. The van der Waals surface area contributed by atoms with Crippen molar-refractivity contribution in [2.45, 2.75) is 32.4 Å². The number of urea groups is 1. The number of hydrogen-bond donors (Lipinski definition) is 2. The first-order chi connectivity index (χ1) is 11.6. The zero-order valence-corrected chi connectivity index (χ0v) is 13.6. The number of amides is 3. The number of rotatable bonds is 4. The normalized spacial score (nSPS) is 17.0. The summed E-state index contributed by atoms with van der Waals surface area (Å²) in [6.45, 7) is 2.85. The molecule has 3 amide bonds. The van der Waals surface area contributed by atoms with Crippen LogP contribution in [-0.2, 0) is 11.3 Å². The predicted octanol–water partition coefficient (Wildman–Crippen LogP) is 1.34. The molecule has 0 unspecified atom stereocenters. The molecule has 1 saturated heterocycles. The number of nitrogens with zero attached hydrogens (tertiary/aromatic N) is 3. The number of aryl methyl sites for hydroxylation is 1. The number of benzene rings is 1. The number of hydrogen-bond acceptors (Lipinski definition) is 3. The zero-order valence-electron chi connectivity index (χ0n) is 13.6.